The Morgan fingerprint density at radius 2 is 1.63 bits per heavy atom. The number of hydrogen-bond donors (Lipinski definition) is 3. The number of rotatable bonds is 14. The van der Waals surface area contributed by atoms with E-state index in [0.717, 1.165) is 11.1 Å². The summed E-state index contributed by atoms with van der Waals surface area (Å²) in [6, 6.07) is 18.2. The Hall–Kier alpha value is -4.18. The van der Waals surface area contributed by atoms with Gasteiger partial charge in [-0.3, -0.25) is 14.5 Å². The second-order valence-electron chi connectivity index (χ2n) is 17.5. The molecule has 0 aliphatic heterocycles. The van der Waals surface area contributed by atoms with Gasteiger partial charge in [0.25, 0.3) is 5.88 Å². The van der Waals surface area contributed by atoms with E-state index in [1.807, 2.05) is 114 Å². The lowest BCUT2D eigenvalue weighted by molar-refractivity contribution is -0.140. The highest BCUT2D eigenvalue weighted by molar-refractivity contribution is 9.10. The van der Waals surface area contributed by atoms with E-state index in [9.17, 15) is 10.2 Å². The van der Waals surface area contributed by atoms with Gasteiger partial charge in [0.15, 0.2) is 19.7 Å². The van der Waals surface area contributed by atoms with Crippen LogP contribution in [0.5, 0.6) is 11.6 Å². The Balaban J connectivity index is 1.42. The van der Waals surface area contributed by atoms with Crippen LogP contribution in [0.1, 0.15) is 83.6 Å². The molecule has 3 aliphatic carbocycles. The monoisotopic (exact) mass is 889 g/mol. The smallest absolute Gasteiger partial charge is 0.265 e. The summed E-state index contributed by atoms with van der Waals surface area (Å²) in [5.74, 6) is -3.34. The average molecular weight is 891 g/mol. The van der Waals surface area contributed by atoms with Crippen molar-refractivity contribution in [3.05, 3.63) is 116 Å². The normalized spacial score (nSPS) is 21.6. The minimum Gasteiger partial charge on any atom is -0.507 e. The third kappa shape index (κ3) is 7.61. The lowest BCUT2D eigenvalue weighted by atomic mass is 9.57. The third-order valence-corrected chi connectivity index (χ3v) is 17.7. The molecule has 0 amide bonds. The highest BCUT2D eigenvalue weighted by Gasteiger charge is 2.69. The van der Waals surface area contributed by atoms with Crippen molar-refractivity contribution in [1.29, 1.82) is 0 Å². The standard InChI is InChI=1S/C45H53BrFN3O8Si/c1-44(2,3)59(6,7)58-45-31(37(50(4)5)40-34(42(45)54)43(49-57-40)56-25-27-17-12-9-13-18-27)22-28-21-29-33(38(52)32(28)41(45)53)39(55-24-26-15-10-8-11-16-26)35(46)30(36(29)47)23-48-19-14-20-51/h8-13,15-18,28,31,37,48,51-52H,14,19-25H2,1-7H3/t28-,31-,37-,45-/m0/s1. The van der Waals surface area contributed by atoms with E-state index in [-0.39, 0.29) is 83.3 Å². The molecule has 0 unspecified atom stereocenters. The van der Waals surface area contributed by atoms with Crippen LogP contribution in [0.4, 0.5) is 4.39 Å². The number of benzene rings is 3. The van der Waals surface area contributed by atoms with Crippen LogP contribution in [0.3, 0.4) is 0 Å². The zero-order chi connectivity index (χ0) is 42.4. The van der Waals surface area contributed by atoms with Crippen molar-refractivity contribution in [3.63, 3.8) is 0 Å². The maximum absolute atomic E-state index is 17.0. The van der Waals surface area contributed by atoms with Crippen LogP contribution >= 0.6 is 15.9 Å². The molecule has 314 valence electrons. The SMILES string of the molecule is CN(C)[C@@H]1c2onc(OCc3ccccc3)c2C(=O)[C@@]2(O[Si](C)(C)C(C)(C)C)C(=O)C3=C(O)c4c(c(F)c(CNCCCO)c(Br)c4OCc4ccccc4)C[C@H]3C[C@@H]12. The number of aromatic nitrogens is 1. The molecule has 3 aliphatic rings. The molecule has 3 N–H and O–H groups in total. The Kier molecular flexibility index (Phi) is 12.1. The van der Waals surface area contributed by atoms with Crippen molar-refractivity contribution in [2.45, 2.75) is 89.6 Å². The minimum atomic E-state index is -2.97. The van der Waals surface area contributed by atoms with Gasteiger partial charge in [0, 0.05) is 35.8 Å². The number of ketones is 2. The summed E-state index contributed by atoms with van der Waals surface area (Å²) in [7, 11) is 0.723. The number of halogens is 2. The van der Waals surface area contributed by atoms with Gasteiger partial charge in [0.2, 0.25) is 11.6 Å². The van der Waals surface area contributed by atoms with Gasteiger partial charge in [-0.05, 0) is 96.2 Å². The molecule has 1 aromatic heterocycles. The first-order chi connectivity index (χ1) is 28.0. The molecule has 1 fully saturated rings. The highest BCUT2D eigenvalue weighted by Crippen LogP contribution is 2.59. The molecule has 11 nitrogen and oxygen atoms in total. The van der Waals surface area contributed by atoms with E-state index in [4.69, 9.17) is 18.4 Å². The number of carbonyl (C=O) groups is 2. The zero-order valence-electron chi connectivity index (χ0n) is 34.7. The van der Waals surface area contributed by atoms with Gasteiger partial charge in [-0.15, -0.1) is 0 Å². The van der Waals surface area contributed by atoms with Crippen LogP contribution in [-0.4, -0.2) is 73.0 Å². The quantitative estimate of drug-likeness (QED) is 0.0637. The fourth-order valence-corrected chi connectivity index (χ4v) is 10.6. The number of carbonyl (C=O) groups excluding carboxylic acids is 2. The van der Waals surface area contributed by atoms with Gasteiger partial charge >= 0.3 is 0 Å². The van der Waals surface area contributed by atoms with Crippen molar-refractivity contribution in [3.8, 4) is 11.6 Å². The van der Waals surface area contributed by atoms with Crippen molar-refractivity contribution >= 4 is 41.6 Å². The number of nitrogens with zero attached hydrogens (tertiary/aromatic N) is 2. The highest BCUT2D eigenvalue weighted by atomic mass is 79.9. The van der Waals surface area contributed by atoms with Crippen LogP contribution < -0.4 is 14.8 Å². The molecule has 0 radical (unpaired) electrons. The van der Waals surface area contributed by atoms with Gasteiger partial charge in [-0.1, -0.05) is 81.4 Å². The number of Topliss-reactive ketones (excluding diaryl/α,β-unsaturated/α-hetero) is 2. The molecule has 7 rings (SSSR count). The first-order valence-electron chi connectivity index (χ1n) is 20.1. The zero-order valence-corrected chi connectivity index (χ0v) is 37.2. The molecule has 4 atom stereocenters. The summed E-state index contributed by atoms with van der Waals surface area (Å²) in [6.07, 6.45) is 0.729. The fourth-order valence-electron chi connectivity index (χ4n) is 8.50. The lowest BCUT2D eigenvalue weighted by Crippen LogP contribution is -2.68. The number of hydrogen-bond acceptors (Lipinski definition) is 11. The fraction of sp³-hybridized carbons (Fsp3) is 0.444. The number of fused-ring (bicyclic) bond motifs is 4. The first-order valence-corrected chi connectivity index (χ1v) is 23.8. The maximum Gasteiger partial charge on any atom is 0.265 e. The molecule has 0 bridgehead atoms. The Bertz CT molecular complexity index is 2260. The molecule has 59 heavy (non-hydrogen) atoms. The summed E-state index contributed by atoms with van der Waals surface area (Å²) in [4.78, 5) is 33.3. The second-order valence-corrected chi connectivity index (χ2v) is 23.0. The van der Waals surface area contributed by atoms with Crippen molar-refractivity contribution < 1.29 is 42.6 Å². The summed E-state index contributed by atoms with van der Waals surface area (Å²) in [6.45, 7) is 10.9. The van der Waals surface area contributed by atoms with Gasteiger partial charge in [0.1, 0.15) is 36.1 Å². The first kappa shape index (κ1) is 42.9. The number of aliphatic hydroxyl groups is 2. The van der Waals surface area contributed by atoms with Gasteiger partial charge in [-0.2, -0.15) is 0 Å². The van der Waals surface area contributed by atoms with Crippen molar-refractivity contribution in [2.24, 2.45) is 11.8 Å². The van der Waals surface area contributed by atoms with Crippen LogP contribution in [0.25, 0.3) is 5.76 Å². The molecule has 1 saturated carbocycles. The molecule has 3 aromatic carbocycles. The molecular weight excluding hydrogens is 837 g/mol. The average Bonchev–Trinajstić information content (AvgIpc) is 3.61. The topological polar surface area (TPSA) is 144 Å². The summed E-state index contributed by atoms with van der Waals surface area (Å²) < 4.78 is 43.1. The van der Waals surface area contributed by atoms with E-state index in [0.29, 0.717) is 18.5 Å². The van der Waals surface area contributed by atoms with E-state index >= 15 is 14.0 Å². The molecular formula is C45H53BrFN3O8Si. The maximum atomic E-state index is 17.0. The largest absolute Gasteiger partial charge is 0.507 e. The Morgan fingerprint density at radius 3 is 2.22 bits per heavy atom. The van der Waals surface area contributed by atoms with Gasteiger partial charge in [-0.25, -0.2) is 4.39 Å². The number of aliphatic hydroxyl groups excluding tert-OH is 2. The summed E-state index contributed by atoms with van der Waals surface area (Å²) >= 11 is 3.62. The third-order valence-electron chi connectivity index (χ3n) is 12.5. The van der Waals surface area contributed by atoms with Crippen molar-refractivity contribution in [1.82, 2.24) is 15.4 Å². The van der Waals surface area contributed by atoms with E-state index in [1.54, 1.807) is 0 Å². The van der Waals surface area contributed by atoms with E-state index in [2.05, 4.69) is 26.4 Å². The summed E-state index contributed by atoms with van der Waals surface area (Å²) in [5, 5.41) is 29.0. The number of nitrogens with one attached hydrogen (secondary N) is 1. The molecule has 0 spiro atoms. The predicted octanol–water partition coefficient (Wildman–Crippen LogP) is 8.50. The van der Waals surface area contributed by atoms with Gasteiger partial charge in [0.05, 0.1) is 16.1 Å². The second kappa shape index (κ2) is 16.7. The predicted molar refractivity (Wildman–Crippen MR) is 227 cm³/mol. The molecule has 0 saturated heterocycles. The molecule has 4 aromatic rings. The molecule has 1 heterocycles. The van der Waals surface area contributed by atoms with E-state index in [1.165, 1.54) is 0 Å². The van der Waals surface area contributed by atoms with Crippen LogP contribution in [0.15, 0.2) is 75.2 Å². The van der Waals surface area contributed by atoms with Crippen LogP contribution in [0.2, 0.25) is 18.1 Å². The summed E-state index contributed by atoms with van der Waals surface area (Å²) in [5.41, 5.74) is 0.218. The Morgan fingerprint density at radius 1 is 1.00 bits per heavy atom. The van der Waals surface area contributed by atoms with Crippen LogP contribution in [-0.2, 0) is 35.4 Å². The number of ether oxygens (including phenoxy) is 2. The van der Waals surface area contributed by atoms with Crippen molar-refractivity contribution in [2.75, 3.05) is 27.2 Å². The minimum absolute atomic E-state index is 0.00894. The Labute approximate surface area is 354 Å². The van der Waals surface area contributed by atoms with Crippen LogP contribution in [0, 0.1) is 17.7 Å². The lowest BCUT2D eigenvalue weighted by Gasteiger charge is -2.55. The van der Waals surface area contributed by atoms with E-state index < -0.39 is 60.0 Å². The van der Waals surface area contributed by atoms with Gasteiger partial charge < -0.3 is 34.0 Å². The molecule has 14 heteroatoms.